The summed E-state index contributed by atoms with van der Waals surface area (Å²) in [6.45, 7) is 0. The zero-order valence-electron chi connectivity index (χ0n) is 19.2. The maximum Gasteiger partial charge on any atom is 0.162 e. The minimum absolute atomic E-state index is 0.0150. The van der Waals surface area contributed by atoms with Crippen LogP contribution in [0.3, 0.4) is 0 Å². The quantitative estimate of drug-likeness (QED) is 0.268. The molecule has 1 aliphatic heterocycles. The number of furan rings is 1. The van der Waals surface area contributed by atoms with Crippen molar-refractivity contribution in [2.75, 3.05) is 5.32 Å². The van der Waals surface area contributed by atoms with Gasteiger partial charge in [-0.05, 0) is 41.5 Å². The number of benzene rings is 4. The van der Waals surface area contributed by atoms with Gasteiger partial charge in [-0.1, -0.05) is 72.8 Å². The van der Waals surface area contributed by atoms with Gasteiger partial charge in [0.05, 0.1) is 28.5 Å². The number of hydrogen-bond acceptors (Lipinski definition) is 3. The van der Waals surface area contributed by atoms with Crippen LogP contribution < -0.4 is 5.32 Å². The highest BCUT2D eigenvalue weighted by Gasteiger charge is 2.31. The zero-order chi connectivity index (χ0) is 23.4. The first-order valence-electron chi connectivity index (χ1n) is 12.3. The minimum Gasteiger partial charge on any atom is -0.456 e. The lowest BCUT2D eigenvalue weighted by molar-refractivity contribution is 0.669. The summed E-state index contributed by atoms with van der Waals surface area (Å²) in [5.41, 5.74) is 8.71. The molecule has 4 aromatic carbocycles. The summed E-state index contributed by atoms with van der Waals surface area (Å²) in [4.78, 5) is 5.23. The van der Waals surface area contributed by atoms with Crippen molar-refractivity contribution < 1.29 is 4.42 Å². The molecular formula is C32H19N3O. The van der Waals surface area contributed by atoms with Gasteiger partial charge in [0.15, 0.2) is 5.82 Å². The van der Waals surface area contributed by atoms with E-state index in [1.165, 1.54) is 38.3 Å². The summed E-state index contributed by atoms with van der Waals surface area (Å²) in [5.74, 6) is 0.959. The van der Waals surface area contributed by atoms with Gasteiger partial charge in [0.2, 0.25) is 0 Å². The Kier molecular flexibility index (Phi) is 3.30. The van der Waals surface area contributed by atoms with E-state index in [0.29, 0.717) is 0 Å². The van der Waals surface area contributed by atoms with Crippen LogP contribution in [0.4, 0.5) is 11.5 Å². The van der Waals surface area contributed by atoms with E-state index in [0.717, 1.165) is 39.2 Å². The van der Waals surface area contributed by atoms with Gasteiger partial charge in [0.25, 0.3) is 0 Å². The molecule has 2 aliphatic rings. The maximum absolute atomic E-state index is 6.39. The molecule has 3 aromatic heterocycles. The van der Waals surface area contributed by atoms with Gasteiger partial charge in [-0.25, -0.2) is 4.99 Å². The Balaban J connectivity index is 1.38. The SMILES string of the molecule is C1=CC2=Nc3c(c4cc5oc6ccccc6c5c5c6ccccc6n3c45)NC2C=C1c1ccccc1. The smallest absolute Gasteiger partial charge is 0.162 e. The van der Waals surface area contributed by atoms with Crippen LogP contribution in [0.5, 0.6) is 0 Å². The van der Waals surface area contributed by atoms with E-state index < -0.39 is 0 Å². The van der Waals surface area contributed by atoms with Gasteiger partial charge in [0, 0.05) is 26.9 Å². The van der Waals surface area contributed by atoms with Crippen molar-refractivity contribution in [1.82, 2.24) is 4.40 Å². The summed E-state index contributed by atoms with van der Waals surface area (Å²) in [6.07, 6.45) is 6.60. The van der Waals surface area contributed by atoms with E-state index in [1.54, 1.807) is 0 Å². The molecule has 7 aromatic rings. The molecule has 4 nitrogen and oxygen atoms in total. The second kappa shape index (κ2) is 6.43. The normalized spacial score (nSPS) is 17.1. The van der Waals surface area contributed by atoms with Crippen LogP contribution >= 0.6 is 0 Å². The molecule has 0 radical (unpaired) electrons. The van der Waals surface area contributed by atoms with Crippen molar-refractivity contribution in [2.24, 2.45) is 4.99 Å². The molecule has 0 spiro atoms. The number of aliphatic imine (C=N–C) groups is 1. The van der Waals surface area contributed by atoms with Crippen LogP contribution in [0.2, 0.25) is 0 Å². The van der Waals surface area contributed by atoms with Crippen LogP contribution in [0.1, 0.15) is 5.56 Å². The fraction of sp³-hybridized carbons (Fsp3) is 0.0312. The minimum atomic E-state index is 0.0150. The van der Waals surface area contributed by atoms with E-state index in [-0.39, 0.29) is 6.04 Å². The lowest BCUT2D eigenvalue weighted by Gasteiger charge is -2.25. The standard InChI is InChI=1S/C32H19N3O/c1-2-8-18(9-3-1)19-14-15-23-24(16-19)33-30-22-17-27-28(21-11-5-7-13-26(21)36-27)29-20-10-4-6-12-25(20)35(31(22)29)32(30)34-23/h1-17,24,33H. The lowest BCUT2D eigenvalue weighted by atomic mass is 9.94. The van der Waals surface area contributed by atoms with Gasteiger partial charge >= 0.3 is 0 Å². The molecule has 1 unspecified atom stereocenters. The Hall–Kier alpha value is -4.83. The van der Waals surface area contributed by atoms with E-state index >= 15 is 0 Å². The number of fused-ring (bicyclic) bond motifs is 11. The molecule has 36 heavy (non-hydrogen) atoms. The Bertz CT molecular complexity index is 2120. The summed E-state index contributed by atoms with van der Waals surface area (Å²) in [6, 6.07) is 29.7. The van der Waals surface area contributed by atoms with Gasteiger partial charge in [0.1, 0.15) is 11.2 Å². The van der Waals surface area contributed by atoms with Gasteiger partial charge in [-0.2, -0.15) is 0 Å². The van der Waals surface area contributed by atoms with Crippen molar-refractivity contribution in [2.45, 2.75) is 6.04 Å². The van der Waals surface area contributed by atoms with E-state index in [9.17, 15) is 0 Å². The van der Waals surface area contributed by atoms with Crippen molar-refractivity contribution in [3.05, 3.63) is 109 Å². The second-order valence-electron chi connectivity index (χ2n) is 9.65. The lowest BCUT2D eigenvalue weighted by Crippen LogP contribution is -2.30. The maximum atomic E-state index is 6.39. The summed E-state index contributed by atoms with van der Waals surface area (Å²) < 4.78 is 8.72. The Morgan fingerprint density at radius 3 is 2.47 bits per heavy atom. The van der Waals surface area contributed by atoms with Crippen LogP contribution in [0, 0.1) is 0 Å². The third kappa shape index (κ3) is 2.22. The highest BCUT2D eigenvalue weighted by molar-refractivity contribution is 6.33. The summed E-state index contributed by atoms with van der Waals surface area (Å²) in [7, 11) is 0. The second-order valence-corrected chi connectivity index (χ2v) is 9.65. The van der Waals surface area contributed by atoms with Crippen molar-refractivity contribution in [1.29, 1.82) is 0 Å². The van der Waals surface area contributed by atoms with Gasteiger partial charge in [-0.15, -0.1) is 0 Å². The third-order valence-electron chi connectivity index (χ3n) is 7.72. The van der Waals surface area contributed by atoms with Crippen molar-refractivity contribution >= 4 is 71.9 Å². The molecular weight excluding hydrogens is 442 g/mol. The van der Waals surface area contributed by atoms with Crippen LogP contribution in [-0.2, 0) is 0 Å². The molecule has 4 heteroatoms. The average Bonchev–Trinajstić information content (AvgIpc) is 3.57. The first-order valence-corrected chi connectivity index (χ1v) is 12.3. The van der Waals surface area contributed by atoms with Gasteiger partial charge in [-0.3, -0.25) is 4.40 Å². The first kappa shape index (κ1) is 18.5. The number of nitrogens with one attached hydrogen (secondary N) is 1. The number of anilines is 1. The highest BCUT2D eigenvalue weighted by atomic mass is 16.3. The molecule has 9 rings (SSSR count). The number of aromatic nitrogens is 1. The van der Waals surface area contributed by atoms with E-state index in [4.69, 9.17) is 9.41 Å². The van der Waals surface area contributed by atoms with Crippen LogP contribution in [0.15, 0.2) is 113 Å². The fourth-order valence-corrected chi connectivity index (χ4v) is 6.18. The topological polar surface area (TPSA) is 41.9 Å². The third-order valence-corrected chi connectivity index (χ3v) is 7.72. The summed E-state index contributed by atoms with van der Waals surface area (Å²) in [5, 5.41) is 9.77. The van der Waals surface area contributed by atoms with Crippen molar-refractivity contribution in [3.8, 4) is 0 Å². The predicted octanol–water partition coefficient (Wildman–Crippen LogP) is 8.10. The molecule has 0 saturated heterocycles. The molecule has 0 fully saturated rings. The molecule has 0 amide bonds. The Labute approximate surface area is 205 Å². The average molecular weight is 462 g/mol. The van der Waals surface area contributed by atoms with E-state index in [2.05, 4.69) is 107 Å². The molecule has 168 valence electrons. The number of nitrogens with zero attached hydrogens (tertiary/aromatic N) is 2. The Morgan fingerprint density at radius 2 is 1.56 bits per heavy atom. The fourth-order valence-electron chi connectivity index (χ4n) is 6.18. The number of allylic oxidation sites excluding steroid dienone is 2. The van der Waals surface area contributed by atoms with Crippen LogP contribution in [0.25, 0.3) is 54.7 Å². The van der Waals surface area contributed by atoms with Crippen molar-refractivity contribution in [3.63, 3.8) is 0 Å². The largest absolute Gasteiger partial charge is 0.456 e. The Morgan fingerprint density at radius 1 is 0.750 bits per heavy atom. The molecule has 1 N–H and O–H groups in total. The molecule has 0 bridgehead atoms. The zero-order valence-corrected chi connectivity index (χ0v) is 19.2. The molecule has 4 heterocycles. The number of rotatable bonds is 1. The summed E-state index contributed by atoms with van der Waals surface area (Å²) >= 11 is 0. The molecule has 0 saturated carbocycles. The number of para-hydroxylation sites is 2. The molecule has 1 atom stereocenters. The predicted molar refractivity (Wildman–Crippen MR) is 149 cm³/mol. The van der Waals surface area contributed by atoms with Crippen LogP contribution in [-0.4, -0.2) is 16.2 Å². The highest BCUT2D eigenvalue weighted by Crippen LogP contribution is 2.50. The number of hydrogen-bond donors (Lipinski definition) is 1. The first-order chi connectivity index (χ1) is 17.8. The van der Waals surface area contributed by atoms with Gasteiger partial charge < -0.3 is 9.73 Å². The van der Waals surface area contributed by atoms with E-state index in [1.807, 2.05) is 6.07 Å². The monoisotopic (exact) mass is 461 g/mol. The molecule has 1 aliphatic carbocycles.